The van der Waals surface area contributed by atoms with E-state index in [1.54, 1.807) is 0 Å². The number of urea groups is 1. The summed E-state index contributed by atoms with van der Waals surface area (Å²) in [4.78, 5) is 21.3. The van der Waals surface area contributed by atoms with Crippen molar-refractivity contribution >= 4 is 21.8 Å². The number of carbonyl (C=O) groups excluding carboxylic acids is 1. The van der Waals surface area contributed by atoms with Crippen molar-refractivity contribution in [3.63, 3.8) is 0 Å². The van der Waals surface area contributed by atoms with E-state index in [1.807, 2.05) is 0 Å². The van der Waals surface area contributed by atoms with E-state index < -0.39 is 28.4 Å². The topological polar surface area (TPSA) is 113 Å². The van der Waals surface area contributed by atoms with Crippen LogP contribution in [0, 0.1) is 5.92 Å². The van der Waals surface area contributed by atoms with Crippen molar-refractivity contribution in [1.29, 1.82) is 0 Å². The molecule has 1 unspecified atom stereocenters. The quantitative estimate of drug-likeness (QED) is 0.615. The van der Waals surface area contributed by atoms with Crippen molar-refractivity contribution in [2.24, 2.45) is 5.92 Å². The molecule has 8 heteroatoms. The molecule has 1 atom stereocenters. The molecule has 1 aliphatic heterocycles. The van der Waals surface area contributed by atoms with Gasteiger partial charge in [-0.3, -0.25) is 4.79 Å². The van der Waals surface area contributed by atoms with Gasteiger partial charge in [0, 0.05) is 6.54 Å². The summed E-state index contributed by atoms with van der Waals surface area (Å²) in [5.41, 5.74) is 0. The van der Waals surface area contributed by atoms with Crippen LogP contribution in [0.3, 0.4) is 0 Å². The number of hydrogen-bond acceptors (Lipinski definition) is 4. The summed E-state index contributed by atoms with van der Waals surface area (Å²) >= 11 is 0. The monoisotopic (exact) mass is 264 g/mol. The molecule has 0 aromatic rings. The first-order chi connectivity index (χ1) is 7.89. The zero-order chi connectivity index (χ0) is 12.9. The van der Waals surface area contributed by atoms with E-state index in [-0.39, 0.29) is 24.0 Å². The molecule has 1 saturated heterocycles. The van der Waals surface area contributed by atoms with Gasteiger partial charge in [0.1, 0.15) is 6.54 Å². The summed E-state index contributed by atoms with van der Waals surface area (Å²) in [6, 6.07) is -0.588. The first-order valence-electron chi connectivity index (χ1n) is 5.33. The summed E-state index contributed by atoms with van der Waals surface area (Å²) < 4.78 is 22.6. The number of rotatable bonds is 4. The average Bonchev–Trinajstić information content (AvgIpc) is 2.22. The number of hydrogen-bond donors (Lipinski definition) is 3. The van der Waals surface area contributed by atoms with Gasteiger partial charge in [-0.15, -0.1) is 0 Å². The lowest BCUT2D eigenvalue weighted by Crippen LogP contribution is -2.42. The van der Waals surface area contributed by atoms with Crippen molar-refractivity contribution in [2.45, 2.75) is 12.8 Å². The minimum atomic E-state index is -2.97. The summed E-state index contributed by atoms with van der Waals surface area (Å²) in [7, 11) is -2.97. The Morgan fingerprint density at radius 1 is 1.29 bits per heavy atom. The van der Waals surface area contributed by atoms with Crippen molar-refractivity contribution < 1.29 is 23.1 Å². The van der Waals surface area contributed by atoms with Crippen molar-refractivity contribution in [2.75, 3.05) is 24.6 Å². The Balaban J connectivity index is 2.26. The summed E-state index contributed by atoms with van der Waals surface area (Å²) in [6.45, 7) is -0.195. The molecular weight excluding hydrogens is 248 g/mol. The van der Waals surface area contributed by atoms with Crippen LogP contribution in [0.4, 0.5) is 4.79 Å². The third-order valence-electron chi connectivity index (χ3n) is 2.51. The van der Waals surface area contributed by atoms with Crippen molar-refractivity contribution in [3.8, 4) is 0 Å². The fourth-order valence-electron chi connectivity index (χ4n) is 1.73. The van der Waals surface area contributed by atoms with Crippen LogP contribution < -0.4 is 10.6 Å². The molecule has 0 saturated carbocycles. The predicted molar refractivity (Wildman–Crippen MR) is 60.4 cm³/mol. The van der Waals surface area contributed by atoms with E-state index in [9.17, 15) is 18.0 Å². The molecule has 0 aliphatic carbocycles. The summed E-state index contributed by atoms with van der Waals surface area (Å²) in [5, 5.41) is 12.9. The zero-order valence-corrected chi connectivity index (χ0v) is 10.1. The lowest BCUT2D eigenvalue weighted by Gasteiger charge is -2.21. The van der Waals surface area contributed by atoms with Crippen LogP contribution in [0.1, 0.15) is 12.8 Å². The van der Waals surface area contributed by atoms with Gasteiger partial charge in [-0.1, -0.05) is 0 Å². The largest absolute Gasteiger partial charge is 0.480 e. The molecule has 2 amide bonds. The fourth-order valence-corrected chi connectivity index (χ4v) is 3.51. The van der Waals surface area contributed by atoms with Gasteiger partial charge in [-0.05, 0) is 18.8 Å². The minimum absolute atomic E-state index is 0.0793. The van der Waals surface area contributed by atoms with E-state index >= 15 is 0 Å². The Morgan fingerprint density at radius 3 is 2.59 bits per heavy atom. The molecule has 0 radical (unpaired) electrons. The molecule has 0 spiro atoms. The smallest absolute Gasteiger partial charge is 0.323 e. The van der Waals surface area contributed by atoms with E-state index in [2.05, 4.69) is 10.6 Å². The molecule has 0 aromatic carbocycles. The molecule has 1 aliphatic rings. The lowest BCUT2D eigenvalue weighted by molar-refractivity contribution is -0.135. The van der Waals surface area contributed by atoms with Gasteiger partial charge in [-0.2, -0.15) is 0 Å². The number of aliphatic carboxylic acids is 1. The van der Waals surface area contributed by atoms with Crippen molar-refractivity contribution in [1.82, 2.24) is 10.6 Å². The van der Waals surface area contributed by atoms with Crippen molar-refractivity contribution in [3.05, 3.63) is 0 Å². The highest BCUT2D eigenvalue weighted by atomic mass is 32.2. The maximum atomic E-state index is 11.3. The molecule has 0 aromatic heterocycles. The molecule has 98 valence electrons. The highest BCUT2D eigenvalue weighted by molar-refractivity contribution is 7.91. The SMILES string of the molecule is O=C(O)CNC(=O)NCC1CCCS(=O)(=O)C1. The van der Waals surface area contributed by atoms with Crippen LogP contribution in [-0.2, 0) is 14.6 Å². The Hall–Kier alpha value is -1.31. The zero-order valence-electron chi connectivity index (χ0n) is 9.31. The first-order valence-corrected chi connectivity index (χ1v) is 7.15. The van der Waals surface area contributed by atoms with Crippen LogP contribution in [-0.4, -0.2) is 50.1 Å². The van der Waals surface area contributed by atoms with Gasteiger partial charge >= 0.3 is 12.0 Å². The maximum absolute atomic E-state index is 11.3. The first kappa shape index (κ1) is 13.8. The summed E-state index contributed by atoms with van der Waals surface area (Å²) in [6.07, 6.45) is 1.38. The number of sulfone groups is 1. The van der Waals surface area contributed by atoms with Crippen LogP contribution >= 0.6 is 0 Å². The Morgan fingerprint density at radius 2 is 2.00 bits per heavy atom. The fraction of sp³-hybridized carbons (Fsp3) is 0.778. The van der Waals surface area contributed by atoms with Gasteiger partial charge in [0.15, 0.2) is 9.84 Å². The molecular formula is C9H16N2O5S. The molecule has 1 rings (SSSR count). The van der Waals surface area contributed by atoms with Crippen LogP contribution in [0.15, 0.2) is 0 Å². The predicted octanol–water partition coefficient (Wildman–Crippen LogP) is -0.805. The molecule has 7 nitrogen and oxygen atoms in total. The Kier molecular flexibility index (Phi) is 4.73. The third kappa shape index (κ3) is 5.53. The maximum Gasteiger partial charge on any atom is 0.323 e. The third-order valence-corrected chi connectivity index (χ3v) is 4.40. The van der Waals surface area contributed by atoms with Gasteiger partial charge in [-0.25, -0.2) is 13.2 Å². The van der Waals surface area contributed by atoms with Gasteiger partial charge in [0.2, 0.25) is 0 Å². The number of carbonyl (C=O) groups is 2. The Bertz CT molecular complexity index is 392. The second-order valence-corrected chi connectivity index (χ2v) is 6.31. The lowest BCUT2D eigenvalue weighted by atomic mass is 10.1. The van der Waals surface area contributed by atoms with Gasteiger partial charge in [0.05, 0.1) is 11.5 Å². The number of carboxylic acid groups (broad SMARTS) is 1. The standard InChI is InChI=1S/C9H16N2O5S/c12-8(13)5-11-9(14)10-4-7-2-1-3-17(15,16)6-7/h7H,1-6H2,(H,12,13)(H2,10,11,14). The molecule has 1 heterocycles. The highest BCUT2D eigenvalue weighted by Gasteiger charge is 2.24. The number of amides is 2. The molecule has 17 heavy (non-hydrogen) atoms. The Labute approximate surface area is 99.5 Å². The van der Waals surface area contributed by atoms with E-state index in [4.69, 9.17) is 5.11 Å². The van der Waals surface area contributed by atoms with E-state index in [0.717, 1.165) is 6.42 Å². The van der Waals surface area contributed by atoms with Crippen LogP contribution in [0.5, 0.6) is 0 Å². The molecule has 1 fully saturated rings. The van der Waals surface area contributed by atoms with Gasteiger partial charge in [0.25, 0.3) is 0 Å². The molecule has 3 N–H and O–H groups in total. The molecule has 0 bridgehead atoms. The van der Waals surface area contributed by atoms with Gasteiger partial charge < -0.3 is 15.7 Å². The minimum Gasteiger partial charge on any atom is -0.480 e. The summed E-state index contributed by atoms with van der Waals surface area (Å²) in [5.74, 6) is -0.897. The van der Waals surface area contributed by atoms with E-state index in [0.29, 0.717) is 6.42 Å². The number of carboxylic acids is 1. The second kappa shape index (κ2) is 5.85. The average molecular weight is 264 g/mol. The van der Waals surface area contributed by atoms with Crippen LogP contribution in [0.25, 0.3) is 0 Å². The van der Waals surface area contributed by atoms with Crippen LogP contribution in [0.2, 0.25) is 0 Å². The van der Waals surface area contributed by atoms with E-state index in [1.165, 1.54) is 0 Å². The number of nitrogens with one attached hydrogen (secondary N) is 2. The second-order valence-electron chi connectivity index (χ2n) is 4.08. The normalized spacial score (nSPS) is 22.7. The highest BCUT2D eigenvalue weighted by Crippen LogP contribution is 2.17.